The summed E-state index contributed by atoms with van der Waals surface area (Å²) in [4.78, 5) is 0.697. The van der Waals surface area contributed by atoms with Gasteiger partial charge in [-0.2, -0.15) is 9.61 Å². The number of hydrogen-bond donors (Lipinski definition) is 1. The van der Waals surface area contributed by atoms with Gasteiger partial charge in [-0.3, -0.25) is 5.10 Å². The number of halogens is 1. The average molecular weight is 351 g/mol. The Balaban J connectivity index is 1.86. The van der Waals surface area contributed by atoms with Gasteiger partial charge in [0.15, 0.2) is 15.4 Å². The number of hydrogen-bond acceptors (Lipinski definition) is 6. The number of H-pyrrole nitrogens is 1. The van der Waals surface area contributed by atoms with Gasteiger partial charge in [0.25, 0.3) is 0 Å². The molecular weight excluding hydrogens is 344 g/mol. The molecule has 4 aromatic rings. The van der Waals surface area contributed by atoms with Crippen molar-refractivity contribution < 1.29 is 4.42 Å². The summed E-state index contributed by atoms with van der Waals surface area (Å²) in [6.07, 6.45) is 0. The summed E-state index contributed by atoms with van der Waals surface area (Å²) in [5.41, 5.74) is 1.68. The molecular formula is C11H7BrN6OS. The Morgan fingerprint density at radius 1 is 1.35 bits per heavy atom. The standard InChI is InChI=1S/C11H7BrN6OS/c1-5-4-6(14-13-5)9-15-16-11-18(9)17-10(20-11)7-2-3-8(12)19-7/h2-4H,1H3,(H,13,14). The monoisotopic (exact) mass is 350 g/mol. The molecule has 0 unspecified atom stereocenters. The lowest BCUT2D eigenvalue weighted by Crippen LogP contribution is -1.90. The van der Waals surface area contributed by atoms with Crippen molar-refractivity contribution in [2.45, 2.75) is 6.92 Å². The number of aryl methyl sites for hydroxylation is 1. The van der Waals surface area contributed by atoms with Crippen molar-refractivity contribution in [1.29, 1.82) is 0 Å². The minimum atomic E-state index is 0.609. The van der Waals surface area contributed by atoms with Crippen molar-refractivity contribution >= 4 is 32.2 Å². The van der Waals surface area contributed by atoms with Crippen LogP contribution in [0, 0.1) is 6.92 Å². The molecule has 9 heteroatoms. The summed E-state index contributed by atoms with van der Waals surface area (Å²) in [6, 6.07) is 5.59. The maximum Gasteiger partial charge on any atom is 0.235 e. The molecule has 0 saturated carbocycles. The van der Waals surface area contributed by atoms with Crippen molar-refractivity contribution in [3.8, 4) is 22.3 Å². The van der Waals surface area contributed by atoms with Gasteiger partial charge in [0, 0.05) is 5.69 Å². The fourth-order valence-electron chi connectivity index (χ4n) is 1.84. The number of aromatic amines is 1. The van der Waals surface area contributed by atoms with Crippen LogP contribution in [0.2, 0.25) is 0 Å². The van der Waals surface area contributed by atoms with Crippen LogP contribution in [0.1, 0.15) is 5.69 Å². The predicted octanol–water partition coefficient (Wildman–Crippen LogP) is 2.91. The third-order valence-electron chi connectivity index (χ3n) is 2.71. The van der Waals surface area contributed by atoms with Gasteiger partial charge >= 0.3 is 0 Å². The third kappa shape index (κ3) is 1.78. The van der Waals surface area contributed by atoms with E-state index in [0.717, 1.165) is 10.7 Å². The summed E-state index contributed by atoms with van der Waals surface area (Å²) in [5, 5.41) is 20.5. The van der Waals surface area contributed by atoms with Crippen LogP contribution in [0.4, 0.5) is 0 Å². The molecule has 1 N–H and O–H groups in total. The Labute approximate surface area is 124 Å². The summed E-state index contributed by atoms with van der Waals surface area (Å²) in [6.45, 7) is 1.93. The van der Waals surface area contributed by atoms with E-state index in [1.165, 1.54) is 11.3 Å². The molecule has 0 atom stereocenters. The highest BCUT2D eigenvalue weighted by Crippen LogP contribution is 2.30. The first-order chi connectivity index (χ1) is 9.70. The first-order valence-corrected chi connectivity index (χ1v) is 7.32. The maximum atomic E-state index is 5.50. The number of nitrogens with one attached hydrogen (secondary N) is 1. The lowest BCUT2D eigenvalue weighted by atomic mass is 10.3. The number of fused-ring (bicyclic) bond motifs is 1. The van der Waals surface area contributed by atoms with E-state index in [-0.39, 0.29) is 0 Å². The molecule has 0 radical (unpaired) electrons. The topological polar surface area (TPSA) is 84.9 Å². The minimum absolute atomic E-state index is 0.609. The Bertz CT molecular complexity index is 903. The molecule has 0 saturated heterocycles. The second-order valence-corrected chi connectivity index (χ2v) is 5.90. The highest BCUT2D eigenvalue weighted by molar-refractivity contribution is 9.10. The summed E-state index contributed by atoms with van der Waals surface area (Å²) in [5.74, 6) is 1.30. The molecule has 20 heavy (non-hydrogen) atoms. The maximum absolute atomic E-state index is 5.50. The smallest absolute Gasteiger partial charge is 0.235 e. The van der Waals surface area contributed by atoms with Crippen molar-refractivity contribution in [3.63, 3.8) is 0 Å². The van der Waals surface area contributed by atoms with E-state index in [0.29, 0.717) is 26.9 Å². The first-order valence-electron chi connectivity index (χ1n) is 5.71. The molecule has 0 aliphatic rings. The number of furan rings is 1. The van der Waals surface area contributed by atoms with Gasteiger partial charge in [-0.15, -0.1) is 15.3 Å². The summed E-state index contributed by atoms with van der Waals surface area (Å²) in [7, 11) is 0. The van der Waals surface area contributed by atoms with E-state index in [1.54, 1.807) is 4.52 Å². The zero-order valence-electron chi connectivity index (χ0n) is 10.2. The quantitative estimate of drug-likeness (QED) is 0.600. The number of nitrogens with zero attached hydrogens (tertiary/aromatic N) is 5. The molecule has 4 heterocycles. The molecule has 0 amide bonds. The van der Waals surface area contributed by atoms with E-state index >= 15 is 0 Å². The normalized spacial score (nSPS) is 11.5. The lowest BCUT2D eigenvalue weighted by Gasteiger charge is -1.89. The molecule has 0 aliphatic carbocycles. The van der Waals surface area contributed by atoms with E-state index < -0.39 is 0 Å². The highest BCUT2D eigenvalue weighted by Gasteiger charge is 2.17. The van der Waals surface area contributed by atoms with Crippen LogP contribution < -0.4 is 0 Å². The van der Waals surface area contributed by atoms with E-state index in [1.807, 2.05) is 25.1 Å². The van der Waals surface area contributed by atoms with Gasteiger partial charge in [0.2, 0.25) is 10.8 Å². The zero-order valence-corrected chi connectivity index (χ0v) is 12.6. The average Bonchev–Trinajstić information content (AvgIpc) is 3.11. The van der Waals surface area contributed by atoms with E-state index in [4.69, 9.17) is 4.42 Å². The van der Waals surface area contributed by atoms with Gasteiger partial charge in [-0.25, -0.2) is 0 Å². The zero-order chi connectivity index (χ0) is 13.7. The highest BCUT2D eigenvalue weighted by atomic mass is 79.9. The van der Waals surface area contributed by atoms with Gasteiger partial charge in [-0.05, 0) is 41.1 Å². The Morgan fingerprint density at radius 2 is 2.25 bits per heavy atom. The first kappa shape index (κ1) is 11.8. The van der Waals surface area contributed by atoms with Crippen LogP contribution in [0.25, 0.3) is 27.2 Å². The van der Waals surface area contributed by atoms with Crippen molar-refractivity contribution in [1.82, 2.24) is 30.0 Å². The molecule has 0 bridgehead atoms. The van der Waals surface area contributed by atoms with Gasteiger partial charge < -0.3 is 4.42 Å². The van der Waals surface area contributed by atoms with Crippen LogP contribution in [0.15, 0.2) is 27.3 Å². The second kappa shape index (κ2) is 4.25. The third-order valence-corrected chi connectivity index (χ3v) is 4.05. The molecule has 0 fully saturated rings. The van der Waals surface area contributed by atoms with Crippen LogP contribution in [-0.4, -0.2) is 30.0 Å². The number of aromatic nitrogens is 6. The van der Waals surface area contributed by atoms with Gasteiger partial charge in [-0.1, -0.05) is 11.3 Å². The summed E-state index contributed by atoms with van der Waals surface area (Å²) < 4.78 is 7.84. The Kier molecular flexibility index (Phi) is 2.51. The van der Waals surface area contributed by atoms with Crippen LogP contribution in [0.5, 0.6) is 0 Å². The van der Waals surface area contributed by atoms with Crippen LogP contribution in [0.3, 0.4) is 0 Å². The number of rotatable bonds is 2. The van der Waals surface area contributed by atoms with Gasteiger partial charge in [0.1, 0.15) is 5.69 Å². The SMILES string of the molecule is Cc1cc(-c2nnc3sc(-c4ccc(Br)o4)nn23)n[nH]1. The van der Waals surface area contributed by atoms with Crippen molar-refractivity contribution in [3.05, 3.63) is 28.6 Å². The van der Waals surface area contributed by atoms with E-state index in [9.17, 15) is 0 Å². The fourth-order valence-corrected chi connectivity index (χ4v) is 2.95. The van der Waals surface area contributed by atoms with Crippen LogP contribution >= 0.6 is 27.3 Å². The van der Waals surface area contributed by atoms with Crippen molar-refractivity contribution in [2.24, 2.45) is 0 Å². The molecule has 0 spiro atoms. The molecule has 4 aromatic heterocycles. The lowest BCUT2D eigenvalue weighted by molar-refractivity contribution is 0.554. The predicted molar refractivity (Wildman–Crippen MR) is 76.4 cm³/mol. The van der Waals surface area contributed by atoms with Gasteiger partial charge in [0.05, 0.1) is 0 Å². The summed E-state index contributed by atoms with van der Waals surface area (Å²) >= 11 is 4.69. The Morgan fingerprint density at radius 3 is 2.95 bits per heavy atom. The molecule has 4 rings (SSSR count). The second-order valence-electron chi connectivity index (χ2n) is 4.17. The minimum Gasteiger partial charge on any atom is -0.447 e. The molecule has 0 aliphatic heterocycles. The molecule has 0 aromatic carbocycles. The Hall–Kier alpha value is -2.00. The molecule has 100 valence electrons. The molecule has 7 nitrogen and oxygen atoms in total. The largest absolute Gasteiger partial charge is 0.447 e. The van der Waals surface area contributed by atoms with Crippen LogP contribution in [-0.2, 0) is 0 Å². The van der Waals surface area contributed by atoms with E-state index in [2.05, 4.69) is 41.4 Å². The van der Waals surface area contributed by atoms with Crippen molar-refractivity contribution in [2.75, 3.05) is 0 Å². The fraction of sp³-hybridized carbons (Fsp3) is 0.0909.